The third kappa shape index (κ3) is 4.43. The minimum Gasteiger partial charge on any atom is -0.342 e. The van der Waals surface area contributed by atoms with Gasteiger partial charge in [0.25, 0.3) is 5.56 Å². The van der Waals surface area contributed by atoms with Gasteiger partial charge in [-0.2, -0.15) is 5.10 Å². The molecule has 3 heterocycles. The molecular formula is C22H27N5O2S. The fourth-order valence-electron chi connectivity index (χ4n) is 3.69. The third-order valence-corrected chi connectivity index (χ3v) is 6.59. The van der Waals surface area contributed by atoms with E-state index in [4.69, 9.17) is 0 Å². The summed E-state index contributed by atoms with van der Waals surface area (Å²) < 4.78 is 3.24. The fourth-order valence-corrected chi connectivity index (χ4v) is 4.59. The van der Waals surface area contributed by atoms with Crippen LogP contribution in [-0.2, 0) is 18.4 Å². The highest BCUT2D eigenvalue weighted by atomic mass is 32.2. The second-order valence-corrected chi connectivity index (χ2v) is 9.10. The molecule has 0 bridgehead atoms. The van der Waals surface area contributed by atoms with Crippen LogP contribution in [-0.4, -0.2) is 49.0 Å². The van der Waals surface area contributed by atoms with Crippen molar-refractivity contribution in [2.45, 2.75) is 38.4 Å². The first-order valence-electron chi connectivity index (χ1n) is 10.3. The summed E-state index contributed by atoms with van der Waals surface area (Å²) in [7, 11) is 1.78. The Morgan fingerprint density at radius 3 is 2.60 bits per heavy atom. The molecule has 0 atom stereocenters. The Morgan fingerprint density at radius 2 is 1.90 bits per heavy atom. The molecule has 1 aliphatic rings. The van der Waals surface area contributed by atoms with Crippen LogP contribution in [0.1, 0.15) is 30.9 Å². The monoisotopic (exact) mass is 425 g/mol. The summed E-state index contributed by atoms with van der Waals surface area (Å²) >= 11 is 1.33. The molecule has 1 fully saturated rings. The summed E-state index contributed by atoms with van der Waals surface area (Å²) in [6.45, 7) is 6.28. The lowest BCUT2D eigenvalue weighted by atomic mass is 9.99. The maximum Gasteiger partial charge on any atom is 0.282 e. The maximum absolute atomic E-state index is 13.2. The van der Waals surface area contributed by atoms with Crippen molar-refractivity contribution in [3.05, 3.63) is 51.9 Å². The highest BCUT2D eigenvalue weighted by Crippen LogP contribution is 2.21. The Balaban J connectivity index is 1.61. The molecule has 0 saturated carbocycles. The van der Waals surface area contributed by atoms with Gasteiger partial charge in [0, 0.05) is 20.1 Å². The number of carbonyl (C=O) groups is 1. The summed E-state index contributed by atoms with van der Waals surface area (Å²) in [5, 5.41) is 4.84. The number of hydrogen-bond donors (Lipinski definition) is 0. The van der Waals surface area contributed by atoms with Gasteiger partial charge in [0.2, 0.25) is 5.91 Å². The lowest BCUT2D eigenvalue weighted by Gasteiger charge is -2.30. The van der Waals surface area contributed by atoms with E-state index in [1.54, 1.807) is 22.5 Å². The number of rotatable bonds is 5. The SMILES string of the molecule is Cc1ccc(Cn2c(SCC(=O)N3CCC(C)CC3)nc3cn(C)nc3c2=O)cc1. The van der Waals surface area contributed by atoms with Crippen molar-refractivity contribution in [3.8, 4) is 0 Å². The zero-order valence-corrected chi connectivity index (χ0v) is 18.5. The van der Waals surface area contributed by atoms with Gasteiger partial charge in [-0.25, -0.2) is 4.98 Å². The first kappa shape index (κ1) is 20.7. The molecule has 1 saturated heterocycles. The van der Waals surface area contributed by atoms with Gasteiger partial charge in [-0.1, -0.05) is 48.5 Å². The van der Waals surface area contributed by atoms with Crippen LogP contribution >= 0.6 is 11.8 Å². The van der Waals surface area contributed by atoms with Crippen LogP contribution in [0.2, 0.25) is 0 Å². The summed E-state index contributed by atoms with van der Waals surface area (Å²) in [5.41, 5.74) is 2.91. The molecule has 1 aliphatic heterocycles. The molecule has 7 nitrogen and oxygen atoms in total. The van der Waals surface area contributed by atoms with Crippen LogP contribution in [0.3, 0.4) is 0 Å². The number of nitrogens with zero attached hydrogens (tertiary/aromatic N) is 5. The van der Waals surface area contributed by atoms with E-state index in [1.165, 1.54) is 17.3 Å². The number of benzene rings is 1. The van der Waals surface area contributed by atoms with E-state index in [1.807, 2.05) is 36.1 Å². The van der Waals surface area contributed by atoms with Gasteiger partial charge in [0.1, 0.15) is 5.52 Å². The lowest BCUT2D eigenvalue weighted by molar-refractivity contribution is -0.129. The van der Waals surface area contributed by atoms with E-state index in [2.05, 4.69) is 17.0 Å². The molecule has 8 heteroatoms. The maximum atomic E-state index is 13.2. The van der Waals surface area contributed by atoms with Crippen LogP contribution in [0.5, 0.6) is 0 Å². The first-order valence-corrected chi connectivity index (χ1v) is 11.3. The number of aromatic nitrogens is 4. The van der Waals surface area contributed by atoms with Crippen LogP contribution in [0.15, 0.2) is 40.4 Å². The highest BCUT2D eigenvalue weighted by molar-refractivity contribution is 7.99. The van der Waals surface area contributed by atoms with E-state index in [9.17, 15) is 9.59 Å². The number of fused-ring (bicyclic) bond motifs is 1. The van der Waals surface area contributed by atoms with Gasteiger partial charge in [-0.3, -0.25) is 18.8 Å². The zero-order chi connectivity index (χ0) is 21.3. The van der Waals surface area contributed by atoms with Crippen LogP contribution in [0.4, 0.5) is 0 Å². The first-order chi connectivity index (χ1) is 14.4. The van der Waals surface area contributed by atoms with Crippen molar-refractivity contribution < 1.29 is 4.79 Å². The zero-order valence-electron chi connectivity index (χ0n) is 17.7. The van der Waals surface area contributed by atoms with Crippen molar-refractivity contribution in [1.29, 1.82) is 0 Å². The standard InChI is InChI=1S/C22H27N5O2S/c1-15-4-6-17(7-5-15)12-27-21(29)20-18(13-25(3)24-20)23-22(27)30-14-19(28)26-10-8-16(2)9-11-26/h4-7,13,16H,8-12,14H2,1-3H3. The average Bonchev–Trinajstić information content (AvgIpc) is 3.11. The minimum atomic E-state index is -0.178. The Morgan fingerprint density at radius 1 is 1.20 bits per heavy atom. The van der Waals surface area contributed by atoms with Crippen molar-refractivity contribution in [2.24, 2.45) is 13.0 Å². The highest BCUT2D eigenvalue weighted by Gasteiger charge is 2.22. The van der Waals surface area contributed by atoms with Gasteiger partial charge >= 0.3 is 0 Å². The Kier molecular flexibility index (Phi) is 5.94. The second-order valence-electron chi connectivity index (χ2n) is 8.16. The van der Waals surface area contributed by atoms with Crippen LogP contribution in [0, 0.1) is 12.8 Å². The number of likely N-dealkylation sites (tertiary alicyclic amines) is 1. The molecular weight excluding hydrogens is 398 g/mol. The van der Waals surface area contributed by atoms with Gasteiger partial charge in [0.05, 0.1) is 18.5 Å². The van der Waals surface area contributed by atoms with Gasteiger partial charge in [-0.05, 0) is 31.2 Å². The summed E-state index contributed by atoms with van der Waals surface area (Å²) in [5.74, 6) is 1.06. The van der Waals surface area contributed by atoms with Gasteiger partial charge in [0.15, 0.2) is 10.7 Å². The Bertz CT molecular complexity index is 1110. The third-order valence-electron chi connectivity index (χ3n) is 5.63. The van der Waals surface area contributed by atoms with Gasteiger partial charge in [-0.15, -0.1) is 0 Å². The molecule has 1 amide bonds. The molecule has 0 unspecified atom stereocenters. The van der Waals surface area contributed by atoms with Crippen molar-refractivity contribution >= 4 is 28.7 Å². The predicted octanol–water partition coefficient (Wildman–Crippen LogP) is 2.84. The summed E-state index contributed by atoms with van der Waals surface area (Å²) in [6.07, 6.45) is 3.84. The van der Waals surface area contributed by atoms with Crippen LogP contribution in [0.25, 0.3) is 11.0 Å². The van der Waals surface area contributed by atoms with E-state index >= 15 is 0 Å². The largest absolute Gasteiger partial charge is 0.342 e. The lowest BCUT2D eigenvalue weighted by Crippen LogP contribution is -2.39. The number of thioether (sulfide) groups is 1. The molecule has 3 aromatic rings. The van der Waals surface area contributed by atoms with E-state index in [0.29, 0.717) is 28.7 Å². The molecule has 0 spiro atoms. The molecule has 2 aromatic heterocycles. The fraction of sp³-hybridized carbons (Fsp3) is 0.455. The molecule has 0 aliphatic carbocycles. The Hall–Kier alpha value is -2.61. The summed E-state index contributed by atoms with van der Waals surface area (Å²) in [6, 6.07) is 8.08. The minimum absolute atomic E-state index is 0.106. The predicted molar refractivity (Wildman–Crippen MR) is 119 cm³/mol. The van der Waals surface area contributed by atoms with E-state index in [0.717, 1.165) is 31.5 Å². The van der Waals surface area contributed by atoms with Crippen molar-refractivity contribution in [3.63, 3.8) is 0 Å². The van der Waals surface area contributed by atoms with E-state index < -0.39 is 0 Å². The average molecular weight is 426 g/mol. The molecule has 158 valence electrons. The number of aryl methyl sites for hydroxylation is 2. The Labute approximate surface area is 180 Å². The number of amides is 1. The molecule has 4 rings (SSSR count). The molecule has 1 aromatic carbocycles. The topological polar surface area (TPSA) is 73.0 Å². The van der Waals surface area contributed by atoms with Crippen molar-refractivity contribution in [1.82, 2.24) is 24.2 Å². The summed E-state index contributed by atoms with van der Waals surface area (Å²) in [4.78, 5) is 32.5. The molecule has 0 N–H and O–H groups in total. The van der Waals surface area contributed by atoms with Crippen LogP contribution < -0.4 is 5.56 Å². The number of piperidine rings is 1. The number of carbonyl (C=O) groups excluding carboxylic acids is 1. The molecule has 0 radical (unpaired) electrons. The normalized spacial score (nSPS) is 15.1. The second kappa shape index (κ2) is 8.63. The van der Waals surface area contributed by atoms with Gasteiger partial charge < -0.3 is 4.90 Å². The quantitative estimate of drug-likeness (QED) is 0.464. The number of hydrogen-bond acceptors (Lipinski definition) is 5. The van der Waals surface area contributed by atoms with E-state index in [-0.39, 0.29) is 17.2 Å². The molecule has 30 heavy (non-hydrogen) atoms. The smallest absolute Gasteiger partial charge is 0.282 e. The van der Waals surface area contributed by atoms with Crippen molar-refractivity contribution in [2.75, 3.05) is 18.8 Å².